The third-order valence-corrected chi connectivity index (χ3v) is 4.88. The summed E-state index contributed by atoms with van der Waals surface area (Å²) in [5.41, 5.74) is 2.57. The maximum atomic E-state index is 12.2. The van der Waals surface area contributed by atoms with Crippen molar-refractivity contribution < 1.29 is 13.2 Å². The summed E-state index contributed by atoms with van der Waals surface area (Å²) < 4.78 is 36.5. The predicted molar refractivity (Wildman–Crippen MR) is 121 cm³/mol. The lowest BCUT2D eigenvalue weighted by Gasteiger charge is -2.07. The number of aryl methyl sites for hydroxylation is 2. The van der Waals surface area contributed by atoms with Gasteiger partial charge in [-0.3, -0.25) is 0 Å². The lowest BCUT2D eigenvalue weighted by molar-refractivity contribution is -0.137. The molecule has 0 aliphatic rings. The van der Waals surface area contributed by atoms with E-state index in [1.165, 1.54) is 88.5 Å². The van der Waals surface area contributed by atoms with E-state index in [9.17, 15) is 13.2 Å². The number of nitrogens with one attached hydrogen (secondary N) is 1. The Morgan fingerprint density at radius 2 is 1.67 bits per heavy atom. The van der Waals surface area contributed by atoms with Crippen LogP contribution in [0, 0.1) is 0 Å². The van der Waals surface area contributed by atoms with Gasteiger partial charge in [-0.1, -0.05) is 82.1 Å². The number of unbranched alkanes of at least 4 members (excludes halogenated alkanes) is 6. The van der Waals surface area contributed by atoms with Crippen LogP contribution in [0.25, 0.3) is 0 Å². The van der Waals surface area contributed by atoms with E-state index in [0.717, 1.165) is 18.6 Å². The summed E-state index contributed by atoms with van der Waals surface area (Å²) in [5.74, 6) is 1.45. The van der Waals surface area contributed by atoms with E-state index < -0.39 is 11.7 Å². The monoisotopic (exact) mass is 419 g/mol. The SMILES string of the molecule is C=C[B]c1cccc(C(F)(F)F)c1.CCCCCCc1nc[nH]c1CCCCCC. The number of benzene rings is 1. The number of imidazole rings is 1. The van der Waals surface area contributed by atoms with Gasteiger partial charge in [0.25, 0.3) is 0 Å². The summed E-state index contributed by atoms with van der Waals surface area (Å²) in [4.78, 5) is 7.77. The molecule has 1 N–H and O–H groups in total. The highest BCUT2D eigenvalue weighted by atomic mass is 19.4. The van der Waals surface area contributed by atoms with E-state index >= 15 is 0 Å². The third-order valence-electron chi connectivity index (χ3n) is 4.88. The Kier molecular flexibility index (Phi) is 13.0. The summed E-state index contributed by atoms with van der Waals surface area (Å²) in [7, 11) is 1.52. The first-order chi connectivity index (χ1) is 14.4. The highest BCUT2D eigenvalue weighted by Gasteiger charge is 2.30. The topological polar surface area (TPSA) is 28.7 Å². The number of H-pyrrole nitrogens is 1. The van der Waals surface area contributed by atoms with Crippen LogP contribution in [0.2, 0.25) is 0 Å². The second-order valence-corrected chi connectivity index (χ2v) is 7.47. The van der Waals surface area contributed by atoms with Crippen molar-refractivity contribution in [3.63, 3.8) is 0 Å². The van der Waals surface area contributed by atoms with Crippen molar-refractivity contribution in [3.8, 4) is 0 Å². The molecule has 6 heteroatoms. The van der Waals surface area contributed by atoms with Crippen LogP contribution >= 0.6 is 0 Å². The molecule has 0 saturated heterocycles. The number of aromatic nitrogens is 2. The molecule has 1 heterocycles. The van der Waals surface area contributed by atoms with Crippen LogP contribution in [0.5, 0.6) is 0 Å². The van der Waals surface area contributed by atoms with Gasteiger partial charge in [0.1, 0.15) is 0 Å². The molecule has 0 atom stereocenters. The summed E-state index contributed by atoms with van der Waals surface area (Å²) in [6, 6.07) is 5.09. The van der Waals surface area contributed by atoms with Crippen LogP contribution in [-0.4, -0.2) is 17.2 Å². The van der Waals surface area contributed by atoms with Gasteiger partial charge in [0.05, 0.1) is 17.6 Å². The molecule has 0 aliphatic heterocycles. The van der Waals surface area contributed by atoms with Crippen LogP contribution in [0.4, 0.5) is 13.2 Å². The molecule has 0 aliphatic carbocycles. The minimum Gasteiger partial charge on any atom is -0.348 e. The van der Waals surface area contributed by atoms with Crippen LogP contribution in [0.3, 0.4) is 0 Å². The van der Waals surface area contributed by atoms with Crippen LogP contribution < -0.4 is 5.46 Å². The van der Waals surface area contributed by atoms with Crippen molar-refractivity contribution >= 4 is 12.7 Å². The van der Waals surface area contributed by atoms with Crippen molar-refractivity contribution in [1.29, 1.82) is 0 Å². The average molecular weight is 419 g/mol. The number of halogens is 3. The van der Waals surface area contributed by atoms with E-state index in [1.54, 1.807) is 6.07 Å². The zero-order valence-corrected chi connectivity index (χ0v) is 18.4. The van der Waals surface area contributed by atoms with Gasteiger partial charge in [0, 0.05) is 5.69 Å². The highest BCUT2D eigenvalue weighted by Crippen LogP contribution is 2.27. The van der Waals surface area contributed by atoms with E-state index in [4.69, 9.17) is 0 Å². The van der Waals surface area contributed by atoms with Crippen molar-refractivity contribution in [2.75, 3.05) is 0 Å². The van der Waals surface area contributed by atoms with E-state index in [-0.39, 0.29) is 0 Å². The van der Waals surface area contributed by atoms with Gasteiger partial charge in [-0.25, -0.2) is 4.98 Å². The van der Waals surface area contributed by atoms with Gasteiger partial charge in [0.2, 0.25) is 0 Å². The predicted octanol–water partition coefficient (Wildman–Crippen LogP) is 6.83. The van der Waals surface area contributed by atoms with Crippen LogP contribution in [0.1, 0.15) is 82.2 Å². The number of aromatic amines is 1. The van der Waals surface area contributed by atoms with Gasteiger partial charge in [-0.05, 0) is 25.7 Å². The Morgan fingerprint density at radius 3 is 2.27 bits per heavy atom. The molecule has 1 aromatic heterocycles. The number of hydrogen-bond acceptors (Lipinski definition) is 1. The maximum Gasteiger partial charge on any atom is 0.416 e. The number of rotatable bonds is 12. The Hall–Kier alpha value is -1.98. The third kappa shape index (κ3) is 10.7. The molecule has 2 rings (SSSR count). The molecule has 1 radical (unpaired) electrons. The first-order valence-corrected chi connectivity index (χ1v) is 11.1. The fourth-order valence-electron chi connectivity index (χ4n) is 3.18. The average Bonchev–Trinajstić information content (AvgIpc) is 3.16. The number of alkyl halides is 3. The fourth-order valence-corrected chi connectivity index (χ4v) is 3.18. The molecule has 30 heavy (non-hydrogen) atoms. The Labute approximate surface area is 180 Å². The van der Waals surface area contributed by atoms with Crippen molar-refractivity contribution in [3.05, 3.63) is 60.1 Å². The molecular formula is C24H35BF3N2. The van der Waals surface area contributed by atoms with Gasteiger partial charge >= 0.3 is 6.18 Å². The Morgan fingerprint density at radius 1 is 1.00 bits per heavy atom. The Balaban J connectivity index is 0.000000311. The van der Waals surface area contributed by atoms with Crippen molar-refractivity contribution in [2.45, 2.75) is 84.2 Å². The van der Waals surface area contributed by atoms with Crippen molar-refractivity contribution in [1.82, 2.24) is 9.97 Å². The first-order valence-electron chi connectivity index (χ1n) is 11.1. The normalized spacial score (nSPS) is 11.0. The molecule has 0 fully saturated rings. The molecule has 0 unspecified atom stereocenters. The number of nitrogens with zero attached hydrogens (tertiary/aromatic N) is 1. The second-order valence-electron chi connectivity index (χ2n) is 7.47. The van der Waals surface area contributed by atoms with Crippen LogP contribution in [0.15, 0.2) is 43.1 Å². The second kappa shape index (κ2) is 14.9. The lowest BCUT2D eigenvalue weighted by Crippen LogP contribution is -2.15. The summed E-state index contributed by atoms with van der Waals surface area (Å²) in [6.45, 7) is 7.93. The Bertz CT molecular complexity index is 684. The minimum absolute atomic E-state index is 0.504. The molecule has 2 nitrogen and oxygen atoms in total. The maximum absolute atomic E-state index is 12.2. The largest absolute Gasteiger partial charge is 0.416 e. The molecule has 0 bridgehead atoms. The quantitative estimate of drug-likeness (QED) is 0.296. The zero-order valence-electron chi connectivity index (χ0n) is 18.4. The first kappa shape index (κ1) is 26.1. The van der Waals surface area contributed by atoms with E-state index in [2.05, 4.69) is 30.4 Å². The van der Waals surface area contributed by atoms with Gasteiger partial charge < -0.3 is 4.98 Å². The summed E-state index contributed by atoms with van der Waals surface area (Å²) in [5, 5.41) is 0. The summed E-state index contributed by atoms with van der Waals surface area (Å²) in [6.07, 6.45) is 10.6. The molecular weight excluding hydrogens is 384 g/mol. The molecule has 0 saturated carbocycles. The van der Waals surface area contributed by atoms with Gasteiger partial charge in [0.15, 0.2) is 7.28 Å². The van der Waals surface area contributed by atoms with Gasteiger partial charge in [-0.2, -0.15) is 13.2 Å². The number of hydrogen-bond donors (Lipinski definition) is 1. The lowest BCUT2D eigenvalue weighted by atomic mass is 9.70. The van der Waals surface area contributed by atoms with E-state index in [1.807, 2.05) is 6.33 Å². The molecule has 165 valence electrons. The zero-order chi connectivity index (χ0) is 22.2. The molecule has 1 aromatic carbocycles. The smallest absolute Gasteiger partial charge is 0.348 e. The molecule has 2 aromatic rings. The minimum atomic E-state index is -4.27. The molecule has 0 amide bonds. The standard InChI is InChI=1S/C15H28N2.C9H7BF3/c1-3-5-7-9-11-14-15(17-13-16-14)12-10-8-6-4-2;1-2-10-8-5-3-4-7(6-8)9(11,12)13/h13H,3-12H2,1-2H3,(H,16,17);2-6H,1H2. The van der Waals surface area contributed by atoms with Crippen LogP contribution in [-0.2, 0) is 19.0 Å². The summed E-state index contributed by atoms with van der Waals surface area (Å²) >= 11 is 0. The highest BCUT2D eigenvalue weighted by molar-refractivity contribution is 6.58. The van der Waals surface area contributed by atoms with Gasteiger partial charge in [-0.15, -0.1) is 12.6 Å². The van der Waals surface area contributed by atoms with E-state index in [0.29, 0.717) is 5.46 Å². The van der Waals surface area contributed by atoms with Crippen molar-refractivity contribution in [2.24, 2.45) is 0 Å². The fraction of sp³-hybridized carbons (Fsp3) is 0.542. The molecule has 0 spiro atoms.